The molecule has 1 aromatic carbocycles. The molecule has 0 atom stereocenters. The second kappa shape index (κ2) is 6.46. The van der Waals surface area contributed by atoms with Gasteiger partial charge in [0.2, 0.25) is 0 Å². The van der Waals surface area contributed by atoms with E-state index >= 15 is 0 Å². The van der Waals surface area contributed by atoms with E-state index in [1.165, 1.54) is 0 Å². The SMILES string of the molecule is COc1ccc(-c2n[nH]c(CNC(=O)OC(C)(C)C)n2)cc1. The first-order chi connectivity index (χ1) is 10.4. The molecule has 1 heterocycles. The second-order valence-electron chi connectivity index (χ2n) is 5.69. The van der Waals surface area contributed by atoms with Crippen LogP contribution in [0.5, 0.6) is 5.75 Å². The fourth-order valence-corrected chi connectivity index (χ4v) is 1.71. The van der Waals surface area contributed by atoms with Gasteiger partial charge in [-0.25, -0.2) is 9.78 Å². The van der Waals surface area contributed by atoms with Crippen molar-refractivity contribution in [1.29, 1.82) is 0 Å². The molecular weight excluding hydrogens is 284 g/mol. The van der Waals surface area contributed by atoms with Crippen LogP contribution >= 0.6 is 0 Å². The van der Waals surface area contributed by atoms with E-state index in [9.17, 15) is 4.79 Å². The van der Waals surface area contributed by atoms with Crippen LogP contribution in [0.4, 0.5) is 4.79 Å². The lowest BCUT2D eigenvalue weighted by molar-refractivity contribution is 0.0522. The molecule has 0 saturated carbocycles. The van der Waals surface area contributed by atoms with Gasteiger partial charge in [-0.1, -0.05) is 0 Å². The van der Waals surface area contributed by atoms with Crippen molar-refractivity contribution in [2.75, 3.05) is 7.11 Å². The largest absolute Gasteiger partial charge is 0.497 e. The molecule has 7 heteroatoms. The highest BCUT2D eigenvalue weighted by Gasteiger charge is 2.16. The third-order valence-electron chi connectivity index (χ3n) is 2.68. The van der Waals surface area contributed by atoms with Crippen molar-refractivity contribution in [3.8, 4) is 17.1 Å². The van der Waals surface area contributed by atoms with Gasteiger partial charge in [-0.3, -0.25) is 5.10 Å². The topological polar surface area (TPSA) is 89.1 Å². The van der Waals surface area contributed by atoms with Crippen LogP contribution < -0.4 is 10.1 Å². The molecule has 0 saturated heterocycles. The molecule has 0 aliphatic rings. The Kier molecular flexibility index (Phi) is 4.65. The summed E-state index contributed by atoms with van der Waals surface area (Å²) in [6.45, 7) is 5.65. The summed E-state index contributed by atoms with van der Waals surface area (Å²) in [7, 11) is 1.61. The van der Waals surface area contributed by atoms with E-state index in [0.717, 1.165) is 11.3 Å². The van der Waals surface area contributed by atoms with E-state index < -0.39 is 11.7 Å². The number of ether oxygens (including phenoxy) is 2. The Labute approximate surface area is 129 Å². The first-order valence-electron chi connectivity index (χ1n) is 6.90. The Morgan fingerprint density at radius 3 is 2.55 bits per heavy atom. The van der Waals surface area contributed by atoms with Crippen LogP contribution in [-0.2, 0) is 11.3 Å². The number of nitrogens with one attached hydrogen (secondary N) is 2. The molecule has 1 amide bonds. The lowest BCUT2D eigenvalue weighted by atomic mass is 10.2. The number of hydrogen-bond donors (Lipinski definition) is 2. The lowest BCUT2D eigenvalue weighted by Gasteiger charge is -2.19. The number of hydrogen-bond acceptors (Lipinski definition) is 5. The molecular formula is C15H20N4O3. The van der Waals surface area contributed by atoms with Gasteiger partial charge in [-0.05, 0) is 45.0 Å². The molecule has 0 fully saturated rings. The van der Waals surface area contributed by atoms with E-state index in [1.807, 2.05) is 45.0 Å². The van der Waals surface area contributed by atoms with E-state index in [-0.39, 0.29) is 6.54 Å². The molecule has 1 aromatic heterocycles. The first kappa shape index (κ1) is 15.8. The number of aromatic amines is 1. The molecule has 118 valence electrons. The average Bonchev–Trinajstić information content (AvgIpc) is 2.92. The lowest BCUT2D eigenvalue weighted by Crippen LogP contribution is -2.32. The summed E-state index contributed by atoms with van der Waals surface area (Å²) in [5.41, 5.74) is 0.334. The number of nitrogens with zero attached hydrogens (tertiary/aromatic N) is 2. The van der Waals surface area contributed by atoms with Gasteiger partial charge in [-0.2, -0.15) is 5.10 Å². The van der Waals surface area contributed by atoms with Crippen molar-refractivity contribution < 1.29 is 14.3 Å². The Bertz CT molecular complexity index is 629. The van der Waals surface area contributed by atoms with Crippen molar-refractivity contribution >= 4 is 6.09 Å². The second-order valence-corrected chi connectivity index (χ2v) is 5.69. The van der Waals surface area contributed by atoms with Crippen LogP contribution in [-0.4, -0.2) is 34.0 Å². The quantitative estimate of drug-likeness (QED) is 0.906. The maximum atomic E-state index is 11.6. The van der Waals surface area contributed by atoms with E-state index in [1.54, 1.807) is 7.11 Å². The van der Waals surface area contributed by atoms with Crippen molar-refractivity contribution in [1.82, 2.24) is 20.5 Å². The Morgan fingerprint density at radius 2 is 1.95 bits per heavy atom. The fraction of sp³-hybridized carbons (Fsp3) is 0.400. The minimum atomic E-state index is -0.528. The minimum Gasteiger partial charge on any atom is -0.497 e. The highest BCUT2D eigenvalue weighted by atomic mass is 16.6. The third kappa shape index (κ3) is 4.47. The summed E-state index contributed by atoms with van der Waals surface area (Å²) >= 11 is 0. The van der Waals surface area contributed by atoms with Crippen LogP contribution in [0.2, 0.25) is 0 Å². The fourth-order valence-electron chi connectivity index (χ4n) is 1.71. The van der Waals surface area contributed by atoms with Gasteiger partial charge >= 0.3 is 6.09 Å². The van der Waals surface area contributed by atoms with E-state index in [4.69, 9.17) is 9.47 Å². The average molecular weight is 304 g/mol. The summed E-state index contributed by atoms with van der Waals surface area (Å²) < 4.78 is 10.3. The van der Waals surface area contributed by atoms with Gasteiger partial charge in [-0.15, -0.1) is 0 Å². The molecule has 0 bridgehead atoms. The van der Waals surface area contributed by atoms with Crippen molar-refractivity contribution in [3.63, 3.8) is 0 Å². The monoisotopic (exact) mass is 304 g/mol. The Balaban J connectivity index is 1.95. The number of methoxy groups -OCH3 is 1. The molecule has 0 spiro atoms. The van der Waals surface area contributed by atoms with Gasteiger partial charge in [0.1, 0.15) is 17.2 Å². The molecule has 2 aromatic rings. The highest BCUT2D eigenvalue weighted by Crippen LogP contribution is 2.18. The number of rotatable bonds is 4. The summed E-state index contributed by atoms with van der Waals surface area (Å²) in [4.78, 5) is 15.9. The Hall–Kier alpha value is -2.57. The smallest absolute Gasteiger partial charge is 0.408 e. The summed E-state index contributed by atoms with van der Waals surface area (Å²) in [5, 5.41) is 9.54. The number of alkyl carbamates (subject to hydrolysis) is 1. The van der Waals surface area contributed by atoms with Crippen LogP contribution in [0.15, 0.2) is 24.3 Å². The zero-order valence-corrected chi connectivity index (χ0v) is 13.1. The van der Waals surface area contributed by atoms with Crippen LogP contribution in [0.3, 0.4) is 0 Å². The van der Waals surface area contributed by atoms with Gasteiger partial charge in [0.15, 0.2) is 5.82 Å². The maximum absolute atomic E-state index is 11.6. The van der Waals surface area contributed by atoms with E-state index in [0.29, 0.717) is 11.6 Å². The predicted octanol–water partition coefficient (Wildman–Crippen LogP) is 2.51. The Morgan fingerprint density at radius 1 is 1.27 bits per heavy atom. The van der Waals surface area contributed by atoms with Crippen LogP contribution in [0.1, 0.15) is 26.6 Å². The third-order valence-corrected chi connectivity index (χ3v) is 2.68. The number of carbonyl (C=O) groups excluding carboxylic acids is 1. The predicted molar refractivity (Wildman–Crippen MR) is 81.4 cm³/mol. The summed E-state index contributed by atoms with van der Waals surface area (Å²) in [6, 6.07) is 7.41. The molecule has 0 aliphatic carbocycles. The molecule has 7 nitrogen and oxygen atoms in total. The van der Waals surface area contributed by atoms with Crippen molar-refractivity contribution in [3.05, 3.63) is 30.1 Å². The molecule has 0 aliphatic heterocycles. The number of amides is 1. The van der Waals surface area contributed by atoms with Crippen LogP contribution in [0.25, 0.3) is 11.4 Å². The van der Waals surface area contributed by atoms with Gasteiger partial charge < -0.3 is 14.8 Å². The first-order valence-corrected chi connectivity index (χ1v) is 6.90. The molecule has 22 heavy (non-hydrogen) atoms. The normalized spacial score (nSPS) is 11.1. The summed E-state index contributed by atoms with van der Waals surface area (Å²) in [6.07, 6.45) is -0.491. The van der Waals surface area contributed by atoms with Gasteiger partial charge in [0.25, 0.3) is 0 Å². The molecule has 0 unspecified atom stereocenters. The zero-order chi connectivity index (χ0) is 16.2. The highest BCUT2D eigenvalue weighted by molar-refractivity contribution is 5.67. The number of benzene rings is 1. The minimum absolute atomic E-state index is 0.220. The van der Waals surface area contributed by atoms with Crippen molar-refractivity contribution in [2.24, 2.45) is 0 Å². The number of H-pyrrole nitrogens is 1. The van der Waals surface area contributed by atoms with Gasteiger partial charge in [0.05, 0.1) is 13.7 Å². The summed E-state index contributed by atoms with van der Waals surface area (Å²) in [5.74, 6) is 1.88. The number of carbonyl (C=O) groups is 1. The maximum Gasteiger partial charge on any atom is 0.408 e. The van der Waals surface area contributed by atoms with E-state index in [2.05, 4.69) is 20.5 Å². The van der Waals surface area contributed by atoms with Gasteiger partial charge in [0, 0.05) is 5.56 Å². The van der Waals surface area contributed by atoms with Crippen molar-refractivity contribution in [2.45, 2.75) is 32.9 Å². The molecule has 2 N–H and O–H groups in total. The molecule has 2 rings (SSSR count). The number of aromatic nitrogens is 3. The van der Waals surface area contributed by atoms with Crippen LogP contribution in [0, 0.1) is 0 Å². The standard InChI is InChI=1S/C15H20N4O3/c1-15(2,3)22-14(20)16-9-12-17-13(19-18-12)10-5-7-11(21-4)8-6-10/h5-8H,9H2,1-4H3,(H,16,20)(H,17,18,19). The molecule has 0 radical (unpaired) electrons. The zero-order valence-electron chi connectivity index (χ0n) is 13.1.